The summed E-state index contributed by atoms with van der Waals surface area (Å²) in [6.07, 6.45) is 52.9. The monoisotopic (exact) mass is 699 g/mol. The van der Waals surface area contributed by atoms with Crippen molar-refractivity contribution >= 4 is 11.9 Å². The first-order valence-electron chi connectivity index (χ1n) is 20.8. The minimum Gasteiger partial charge on any atom is -0.462 e. The third-order valence-corrected chi connectivity index (χ3v) is 8.78. The van der Waals surface area contributed by atoms with E-state index in [0.717, 1.165) is 44.9 Å². The van der Waals surface area contributed by atoms with E-state index < -0.39 is 6.10 Å². The fourth-order valence-electron chi connectivity index (χ4n) is 5.60. The third-order valence-electron chi connectivity index (χ3n) is 8.78. The van der Waals surface area contributed by atoms with Crippen LogP contribution in [0.1, 0.15) is 194 Å². The van der Waals surface area contributed by atoms with Crippen LogP contribution in [0, 0.1) is 0 Å². The van der Waals surface area contributed by atoms with Gasteiger partial charge in [0.25, 0.3) is 0 Å². The molecule has 5 nitrogen and oxygen atoms in total. The summed E-state index contributed by atoms with van der Waals surface area (Å²) in [4.78, 5) is 24.3. The van der Waals surface area contributed by atoms with Gasteiger partial charge in [0, 0.05) is 12.8 Å². The Labute approximate surface area is 309 Å². The normalized spacial score (nSPS) is 12.8. The summed E-state index contributed by atoms with van der Waals surface area (Å²) >= 11 is 0. The minimum atomic E-state index is -0.796. The van der Waals surface area contributed by atoms with Gasteiger partial charge in [-0.25, -0.2) is 0 Å². The molecule has 50 heavy (non-hydrogen) atoms. The fraction of sp³-hybridized carbons (Fsp3) is 0.733. The molecule has 0 radical (unpaired) electrons. The third kappa shape index (κ3) is 38.4. The molecule has 0 heterocycles. The molecule has 288 valence electrons. The summed E-state index contributed by atoms with van der Waals surface area (Å²) in [5.74, 6) is -0.660. The number of rotatable bonds is 37. The van der Waals surface area contributed by atoms with Crippen molar-refractivity contribution in [1.82, 2.24) is 0 Å². The molecule has 5 heteroatoms. The van der Waals surface area contributed by atoms with E-state index in [2.05, 4.69) is 74.6 Å². The predicted molar refractivity (Wildman–Crippen MR) is 214 cm³/mol. The van der Waals surface area contributed by atoms with Crippen molar-refractivity contribution in [2.24, 2.45) is 0 Å². The van der Waals surface area contributed by atoms with Gasteiger partial charge in [0.15, 0.2) is 6.10 Å². The number of unbranched alkanes of at least 4 members (excludes halogenated alkanes) is 19. The van der Waals surface area contributed by atoms with E-state index in [0.29, 0.717) is 19.3 Å². The highest BCUT2D eigenvalue weighted by Crippen LogP contribution is 2.13. The summed E-state index contributed by atoms with van der Waals surface area (Å²) in [7, 11) is 0. The molecule has 0 aromatic heterocycles. The Morgan fingerprint density at radius 3 is 1.32 bits per heavy atom. The number of ether oxygens (including phenoxy) is 2. The molecule has 1 atom stereocenters. The van der Waals surface area contributed by atoms with Crippen LogP contribution in [0.15, 0.2) is 60.8 Å². The topological polar surface area (TPSA) is 72.8 Å². The van der Waals surface area contributed by atoms with Crippen LogP contribution in [0.2, 0.25) is 0 Å². The summed E-state index contributed by atoms with van der Waals surface area (Å²) in [5, 5.41) is 9.56. The second-order valence-electron chi connectivity index (χ2n) is 13.7. The largest absolute Gasteiger partial charge is 0.462 e. The van der Waals surface area contributed by atoms with Gasteiger partial charge >= 0.3 is 11.9 Å². The lowest BCUT2D eigenvalue weighted by Gasteiger charge is -2.15. The molecular formula is C45H78O5. The zero-order valence-electron chi connectivity index (χ0n) is 32.6. The Bertz CT molecular complexity index is 884. The second-order valence-corrected chi connectivity index (χ2v) is 13.7. The number of aliphatic hydroxyl groups excluding tert-OH is 1. The Hall–Kier alpha value is -2.40. The standard InChI is InChI=1S/C45H78O5/c1-3-5-7-9-11-13-15-17-19-21-22-24-26-28-30-32-34-36-38-40-45(48)50-43(41-46)42-49-44(47)39-37-35-33-31-29-27-25-23-20-18-16-14-12-10-8-6-4-2/h12,14,17-20,25,27,31,33,43,46H,3-11,13,15-16,21-24,26,28-30,32,34-42H2,1-2H3. The molecule has 0 saturated heterocycles. The van der Waals surface area contributed by atoms with E-state index in [9.17, 15) is 14.7 Å². The molecule has 0 spiro atoms. The van der Waals surface area contributed by atoms with E-state index in [1.807, 2.05) is 0 Å². The molecule has 0 aliphatic carbocycles. The van der Waals surface area contributed by atoms with Gasteiger partial charge in [-0.05, 0) is 77.0 Å². The molecule has 0 aromatic carbocycles. The number of esters is 2. The van der Waals surface area contributed by atoms with E-state index in [4.69, 9.17) is 9.47 Å². The molecule has 1 unspecified atom stereocenters. The van der Waals surface area contributed by atoms with Gasteiger partial charge in [-0.2, -0.15) is 0 Å². The molecule has 1 N–H and O–H groups in total. The molecule has 0 fully saturated rings. The van der Waals surface area contributed by atoms with Crippen molar-refractivity contribution < 1.29 is 24.2 Å². The number of allylic oxidation sites excluding steroid dienone is 10. The van der Waals surface area contributed by atoms with Crippen molar-refractivity contribution in [3.05, 3.63) is 60.8 Å². The summed E-state index contributed by atoms with van der Waals surface area (Å²) in [6, 6.07) is 0. The Kier molecular flexibility index (Phi) is 39.1. The highest BCUT2D eigenvalue weighted by molar-refractivity contribution is 5.70. The molecule has 0 saturated carbocycles. The lowest BCUT2D eigenvalue weighted by atomic mass is 10.1. The van der Waals surface area contributed by atoms with Crippen LogP contribution in [0.5, 0.6) is 0 Å². The summed E-state index contributed by atoms with van der Waals surface area (Å²) in [5.41, 5.74) is 0. The van der Waals surface area contributed by atoms with Gasteiger partial charge in [0.05, 0.1) is 6.61 Å². The number of hydrogen-bond donors (Lipinski definition) is 1. The van der Waals surface area contributed by atoms with Crippen LogP contribution < -0.4 is 0 Å². The molecule has 0 rings (SSSR count). The predicted octanol–water partition coefficient (Wildman–Crippen LogP) is 13.2. The Morgan fingerprint density at radius 1 is 0.460 bits per heavy atom. The zero-order valence-corrected chi connectivity index (χ0v) is 32.6. The van der Waals surface area contributed by atoms with Gasteiger partial charge in [0.1, 0.15) is 6.61 Å². The van der Waals surface area contributed by atoms with Crippen molar-refractivity contribution in [3.8, 4) is 0 Å². The van der Waals surface area contributed by atoms with E-state index >= 15 is 0 Å². The zero-order chi connectivity index (χ0) is 36.4. The first kappa shape index (κ1) is 47.6. The van der Waals surface area contributed by atoms with Crippen molar-refractivity contribution in [3.63, 3.8) is 0 Å². The first-order chi connectivity index (χ1) is 24.6. The number of carbonyl (C=O) groups excluding carboxylic acids is 2. The van der Waals surface area contributed by atoms with Crippen LogP contribution in [0.4, 0.5) is 0 Å². The van der Waals surface area contributed by atoms with E-state index in [1.165, 1.54) is 116 Å². The van der Waals surface area contributed by atoms with Gasteiger partial charge in [0.2, 0.25) is 0 Å². The summed E-state index contributed by atoms with van der Waals surface area (Å²) < 4.78 is 10.6. The maximum absolute atomic E-state index is 12.2. The quantitative estimate of drug-likeness (QED) is 0.0397. The van der Waals surface area contributed by atoms with Crippen LogP contribution >= 0.6 is 0 Å². The maximum atomic E-state index is 12.2. The number of hydrogen-bond acceptors (Lipinski definition) is 5. The highest BCUT2D eigenvalue weighted by atomic mass is 16.6. The molecule has 0 aliphatic heterocycles. The first-order valence-corrected chi connectivity index (χ1v) is 20.8. The van der Waals surface area contributed by atoms with Crippen LogP contribution in [0.3, 0.4) is 0 Å². The van der Waals surface area contributed by atoms with Gasteiger partial charge < -0.3 is 14.6 Å². The summed E-state index contributed by atoms with van der Waals surface area (Å²) in [6.45, 7) is 4.05. The van der Waals surface area contributed by atoms with Crippen LogP contribution in [-0.4, -0.2) is 36.4 Å². The molecular weight excluding hydrogens is 620 g/mol. The lowest BCUT2D eigenvalue weighted by molar-refractivity contribution is -0.161. The number of carbonyl (C=O) groups is 2. The number of aliphatic hydroxyl groups is 1. The second kappa shape index (κ2) is 41.0. The van der Waals surface area contributed by atoms with Crippen molar-refractivity contribution in [1.29, 1.82) is 0 Å². The fourth-order valence-corrected chi connectivity index (χ4v) is 5.60. The van der Waals surface area contributed by atoms with Crippen LogP contribution in [0.25, 0.3) is 0 Å². The molecule has 0 bridgehead atoms. The minimum absolute atomic E-state index is 0.0963. The van der Waals surface area contributed by atoms with E-state index in [1.54, 1.807) is 0 Å². The Balaban J connectivity index is 3.64. The highest BCUT2D eigenvalue weighted by Gasteiger charge is 2.16. The van der Waals surface area contributed by atoms with Crippen molar-refractivity contribution in [2.45, 2.75) is 200 Å². The van der Waals surface area contributed by atoms with Gasteiger partial charge in [-0.1, -0.05) is 164 Å². The average Bonchev–Trinajstić information content (AvgIpc) is 3.12. The lowest BCUT2D eigenvalue weighted by Crippen LogP contribution is -2.28. The van der Waals surface area contributed by atoms with Crippen molar-refractivity contribution in [2.75, 3.05) is 13.2 Å². The van der Waals surface area contributed by atoms with Crippen LogP contribution in [-0.2, 0) is 19.1 Å². The van der Waals surface area contributed by atoms with E-state index in [-0.39, 0.29) is 25.2 Å². The average molecular weight is 699 g/mol. The molecule has 0 aromatic rings. The SMILES string of the molecule is CCCCCC=CCC=CCC=CCC=CCCCC(=O)OCC(CO)OC(=O)CCCCCCCCCCCC=CCCCCCCCC. The molecule has 0 aliphatic rings. The molecule has 0 amide bonds. The van der Waals surface area contributed by atoms with Gasteiger partial charge in [-0.15, -0.1) is 0 Å². The maximum Gasteiger partial charge on any atom is 0.306 e. The Morgan fingerprint density at radius 2 is 0.820 bits per heavy atom. The smallest absolute Gasteiger partial charge is 0.306 e. The van der Waals surface area contributed by atoms with Gasteiger partial charge in [-0.3, -0.25) is 9.59 Å².